The molecule has 0 fully saturated rings. The Hall–Kier alpha value is -1.29. The van der Waals surface area contributed by atoms with Crippen LogP contribution in [0.15, 0.2) is 48.7 Å². The molecule has 14 heavy (non-hydrogen) atoms. The molecule has 0 bridgehead atoms. The Morgan fingerprint density at radius 3 is 2.29 bits per heavy atom. The summed E-state index contributed by atoms with van der Waals surface area (Å²) in [6, 6.07) is 0. The molecule has 0 radical (unpaired) electrons. The number of allylic oxidation sites excluding steroid dienone is 5. The second-order valence-corrected chi connectivity index (χ2v) is 4.57. The minimum atomic E-state index is -3.24. The van der Waals surface area contributed by atoms with Crippen molar-refractivity contribution in [2.45, 2.75) is 6.92 Å². The van der Waals surface area contributed by atoms with Gasteiger partial charge < -0.3 is 0 Å². The largest absolute Gasteiger partial charge is 0.284 e. The van der Waals surface area contributed by atoms with E-state index in [1.165, 1.54) is 6.08 Å². The fourth-order valence-corrected chi connectivity index (χ4v) is 1.31. The van der Waals surface area contributed by atoms with Crippen LogP contribution in [0.25, 0.3) is 0 Å². The van der Waals surface area contributed by atoms with Crippen molar-refractivity contribution < 1.29 is 8.42 Å². The average molecular weight is 213 g/mol. The molecule has 0 spiro atoms. The van der Waals surface area contributed by atoms with Crippen LogP contribution in [0.4, 0.5) is 0 Å². The van der Waals surface area contributed by atoms with Crippen LogP contribution >= 0.6 is 0 Å². The molecule has 0 aliphatic rings. The summed E-state index contributed by atoms with van der Waals surface area (Å²) in [6.45, 7) is 8.90. The molecule has 0 aromatic rings. The van der Waals surface area contributed by atoms with Gasteiger partial charge in [0, 0.05) is 5.70 Å². The Kier molecular flexibility index (Phi) is 4.94. The van der Waals surface area contributed by atoms with Gasteiger partial charge in [0.1, 0.15) is 0 Å². The van der Waals surface area contributed by atoms with Crippen LogP contribution in [-0.2, 0) is 10.0 Å². The van der Waals surface area contributed by atoms with Crippen molar-refractivity contribution in [2.24, 2.45) is 0 Å². The highest BCUT2D eigenvalue weighted by molar-refractivity contribution is 7.88. The van der Waals surface area contributed by atoms with Gasteiger partial charge in [-0.1, -0.05) is 25.3 Å². The predicted octanol–water partition coefficient (Wildman–Crippen LogP) is 1.74. The summed E-state index contributed by atoms with van der Waals surface area (Å²) in [7, 11) is -3.24. The minimum Gasteiger partial charge on any atom is -0.284 e. The van der Waals surface area contributed by atoms with E-state index in [2.05, 4.69) is 17.9 Å². The van der Waals surface area contributed by atoms with Crippen LogP contribution in [0, 0.1) is 0 Å². The predicted molar refractivity (Wildman–Crippen MR) is 60.2 cm³/mol. The Bertz CT molecular complexity index is 375. The van der Waals surface area contributed by atoms with Crippen LogP contribution in [-0.4, -0.2) is 14.7 Å². The maximum absolute atomic E-state index is 10.9. The maximum atomic E-state index is 10.9. The van der Waals surface area contributed by atoms with E-state index < -0.39 is 10.0 Å². The molecule has 0 unspecified atom stereocenters. The van der Waals surface area contributed by atoms with E-state index in [4.69, 9.17) is 0 Å². The van der Waals surface area contributed by atoms with Gasteiger partial charge in [-0.15, -0.1) is 0 Å². The third-order valence-electron chi connectivity index (χ3n) is 1.31. The van der Waals surface area contributed by atoms with Crippen LogP contribution in [0.2, 0.25) is 0 Å². The van der Waals surface area contributed by atoms with Crippen molar-refractivity contribution >= 4 is 10.0 Å². The third kappa shape index (κ3) is 6.25. The van der Waals surface area contributed by atoms with Crippen molar-refractivity contribution in [3.05, 3.63) is 48.7 Å². The summed E-state index contributed by atoms with van der Waals surface area (Å²) in [6.07, 6.45) is 7.51. The van der Waals surface area contributed by atoms with Crippen LogP contribution in [0.3, 0.4) is 0 Å². The molecule has 1 N–H and O–H groups in total. The van der Waals surface area contributed by atoms with Crippen LogP contribution in [0.1, 0.15) is 6.92 Å². The molecule has 0 heterocycles. The molecule has 0 saturated heterocycles. The number of hydrogen-bond donors (Lipinski definition) is 1. The first-order valence-corrected chi connectivity index (χ1v) is 5.89. The van der Waals surface area contributed by atoms with E-state index >= 15 is 0 Å². The highest BCUT2D eigenvalue weighted by Crippen LogP contribution is 2.01. The zero-order valence-electron chi connectivity index (χ0n) is 8.45. The standard InChI is InChI=1S/C10H15NO2S/c1-5-7-10(8-9(3)6-2)11-14(4,12)13/h5-8,11H,1-2H2,3-4H3/b9-8-,10-7+. The molecule has 0 aromatic carbocycles. The Morgan fingerprint density at radius 2 is 1.93 bits per heavy atom. The first-order chi connectivity index (χ1) is 6.39. The van der Waals surface area contributed by atoms with Crippen molar-refractivity contribution in [3.8, 4) is 0 Å². The van der Waals surface area contributed by atoms with Gasteiger partial charge in [-0.2, -0.15) is 0 Å². The van der Waals surface area contributed by atoms with Crippen molar-refractivity contribution in [1.29, 1.82) is 0 Å². The van der Waals surface area contributed by atoms with Crippen molar-refractivity contribution in [3.63, 3.8) is 0 Å². The van der Waals surface area contributed by atoms with Crippen LogP contribution in [0.5, 0.6) is 0 Å². The molecular weight excluding hydrogens is 198 g/mol. The summed E-state index contributed by atoms with van der Waals surface area (Å²) in [4.78, 5) is 0. The molecular formula is C10H15NO2S. The summed E-state index contributed by atoms with van der Waals surface area (Å²) >= 11 is 0. The lowest BCUT2D eigenvalue weighted by Gasteiger charge is -2.04. The summed E-state index contributed by atoms with van der Waals surface area (Å²) in [5.74, 6) is 0. The highest BCUT2D eigenvalue weighted by atomic mass is 32.2. The lowest BCUT2D eigenvalue weighted by atomic mass is 10.2. The first-order valence-electron chi connectivity index (χ1n) is 4.00. The molecule has 0 atom stereocenters. The molecule has 0 amide bonds. The van der Waals surface area contributed by atoms with Gasteiger partial charge >= 0.3 is 0 Å². The Balaban J connectivity index is 4.90. The van der Waals surface area contributed by atoms with Gasteiger partial charge in [-0.05, 0) is 24.6 Å². The number of sulfonamides is 1. The van der Waals surface area contributed by atoms with Gasteiger partial charge in [-0.3, -0.25) is 4.72 Å². The smallest absolute Gasteiger partial charge is 0.229 e. The molecule has 0 aromatic heterocycles. The van der Waals surface area contributed by atoms with Gasteiger partial charge in [-0.25, -0.2) is 8.42 Å². The molecule has 0 rings (SSSR count). The van der Waals surface area contributed by atoms with E-state index in [-0.39, 0.29) is 0 Å². The number of rotatable bonds is 5. The maximum Gasteiger partial charge on any atom is 0.229 e. The van der Waals surface area contributed by atoms with E-state index in [1.807, 2.05) is 6.92 Å². The quantitative estimate of drug-likeness (QED) is 0.707. The monoisotopic (exact) mass is 213 g/mol. The second kappa shape index (κ2) is 5.44. The molecule has 0 aliphatic heterocycles. The van der Waals surface area contributed by atoms with Gasteiger partial charge in [0.2, 0.25) is 10.0 Å². The van der Waals surface area contributed by atoms with Gasteiger partial charge in [0.25, 0.3) is 0 Å². The normalized spacial score (nSPS) is 13.6. The summed E-state index contributed by atoms with van der Waals surface area (Å²) < 4.78 is 24.3. The fraction of sp³-hybridized carbons (Fsp3) is 0.200. The third-order valence-corrected chi connectivity index (χ3v) is 1.91. The second-order valence-electron chi connectivity index (χ2n) is 2.82. The topological polar surface area (TPSA) is 46.2 Å². The Morgan fingerprint density at radius 1 is 1.36 bits per heavy atom. The van der Waals surface area contributed by atoms with E-state index in [0.717, 1.165) is 11.8 Å². The summed E-state index contributed by atoms with van der Waals surface area (Å²) in [5.41, 5.74) is 1.34. The van der Waals surface area contributed by atoms with Gasteiger partial charge in [0.05, 0.1) is 6.26 Å². The number of hydrogen-bond acceptors (Lipinski definition) is 2. The van der Waals surface area contributed by atoms with Crippen LogP contribution < -0.4 is 4.72 Å². The molecule has 78 valence electrons. The fourth-order valence-electron chi connectivity index (χ4n) is 0.757. The van der Waals surface area contributed by atoms with Crippen molar-refractivity contribution in [1.82, 2.24) is 4.72 Å². The lowest BCUT2D eigenvalue weighted by Crippen LogP contribution is -2.20. The SMILES string of the molecule is C=C/C=C(\C=C(\C)C=C)NS(C)(=O)=O. The Labute approximate surface area is 85.6 Å². The summed E-state index contributed by atoms with van der Waals surface area (Å²) in [5, 5.41) is 0. The van der Waals surface area contributed by atoms with E-state index in [0.29, 0.717) is 5.70 Å². The minimum absolute atomic E-state index is 0.472. The van der Waals surface area contributed by atoms with Gasteiger partial charge in [0.15, 0.2) is 0 Å². The highest BCUT2D eigenvalue weighted by Gasteiger charge is 2.01. The molecule has 0 saturated carbocycles. The molecule has 4 heteroatoms. The lowest BCUT2D eigenvalue weighted by molar-refractivity contribution is 0.595. The zero-order valence-corrected chi connectivity index (χ0v) is 9.26. The van der Waals surface area contributed by atoms with E-state index in [9.17, 15) is 8.42 Å². The molecule has 3 nitrogen and oxygen atoms in total. The first kappa shape index (κ1) is 12.7. The zero-order chi connectivity index (χ0) is 11.2. The average Bonchev–Trinajstić information content (AvgIpc) is 2.01. The number of nitrogens with one attached hydrogen (secondary N) is 1. The van der Waals surface area contributed by atoms with E-state index in [1.54, 1.807) is 18.2 Å². The molecule has 0 aliphatic carbocycles. The van der Waals surface area contributed by atoms with Crippen molar-refractivity contribution in [2.75, 3.05) is 6.26 Å².